The average molecular weight is 311 g/mol. The third-order valence-corrected chi connectivity index (χ3v) is 3.62. The van der Waals surface area contributed by atoms with E-state index in [-0.39, 0.29) is 17.3 Å². The molecule has 2 aromatic rings. The molecule has 2 rings (SSSR count). The Morgan fingerprint density at radius 1 is 1.00 bits per heavy atom. The predicted molar refractivity (Wildman–Crippen MR) is 77.5 cm³/mol. The molecule has 1 N–H and O–H groups in total. The highest BCUT2D eigenvalue weighted by Crippen LogP contribution is 2.17. The first kappa shape index (κ1) is 15.4. The largest absolute Gasteiger partial charge is 0.323 e. The van der Waals surface area contributed by atoms with Gasteiger partial charge in [-0.1, -0.05) is 12.1 Å². The average Bonchev–Trinajstić information content (AvgIpc) is 2.45. The number of halogens is 3. The van der Waals surface area contributed by atoms with Crippen LogP contribution in [0.5, 0.6) is 0 Å². The summed E-state index contributed by atoms with van der Waals surface area (Å²) in [7, 11) is 0. The maximum absolute atomic E-state index is 13.3. The van der Waals surface area contributed by atoms with Crippen molar-refractivity contribution in [1.82, 2.24) is 0 Å². The van der Waals surface area contributed by atoms with Crippen LogP contribution in [-0.2, 0) is 10.5 Å². The number of nitrogens with one attached hydrogen (secondary N) is 1. The minimum atomic E-state index is -0.687. The molecule has 6 heteroatoms. The Hall–Kier alpha value is -1.95. The summed E-state index contributed by atoms with van der Waals surface area (Å²) in [5, 5.41) is 2.31. The summed E-state index contributed by atoms with van der Waals surface area (Å²) in [5.41, 5.74) is 0.702. The summed E-state index contributed by atoms with van der Waals surface area (Å²) in [6.45, 7) is 0. The fourth-order valence-corrected chi connectivity index (χ4v) is 2.41. The monoisotopic (exact) mass is 311 g/mol. The predicted octanol–water partition coefficient (Wildman–Crippen LogP) is 3.98. The summed E-state index contributed by atoms with van der Waals surface area (Å²) < 4.78 is 39.0. The normalized spacial score (nSPS) is 10.4. The van der Waals surface area contributed by atoms with E-state index >= 15 is 0 Å². The van der Waals surface area contributed by atoms with Crippen molar-refractivity contribution in [3.05, 3.63) is 65.5 Å². The quantitative estimate of drug-likeness (QED) is 0.905. The first-order valence-corrected chi connectivity index (χ1v) is 7.27. The van der Waals surface area contributed by atoms with E-state index in [1.807, 2.05) is 0 Å². The van der Waals surface area contributed by atoms with Crippen molar-refractivity contribution in [2.24, 2.45) is 0 Å². The van der Waals surface area contributed by atoms with Crippen LogP contribution in [0.2, 0.25) is 0 Å². The lowest BCUT2D eigenvalue weighted by Crippen LogP contribution is -2.15. The fraction of sp³-hybridized carbons (Fsp3) is 0.133. The topological polar surface area (TPSA) is 29.1 Å². The van der Waals surface area contributed by atoms with Gasteiger partial charge in [0.25, 0.3) is 0 Å². The Kier molecular flexibility index (Phi) is 5.27. The molecule has 0 heterocycles. The molecular formula is C15H12F3NOS. The molecule has 21 heavy (non-hydrogen) atoms. The second-order valence-corrected chi connectivity index (χ2v) is 5.28. The first-order valence-electron chi connectivity index (χ1n) is 6.11. The van der Waals surface area contributed by atoms with Gasteiger partial charge in [0.2, 0.25) is 5.91 Å². The second-order valence-electron chi connectivity index (χ2n) is 4.29. The number of benzene rings is 2. The molecule has 0 aliphatic carbocycles. The van der Waals surface area contributed by atoms with Gasteiger partial charge in [0.15, 0.2) is 0 Å². The van der Waals surface area contributed by atoms with Crippen LogP contribution in [0.3, 0.4) is 0 Å². The van der Waals surface area contributed by atoms with Crippen molar-refractivity contribution in [2.75, 3.05) is 11.1 Å². The number of hydrogen-bond donors (Lipinski definition) is 1. The van der Waals surface area contributed by atoms with E-state index in [2.05, 4.69) is 5.32 Å². The fourth-order valence-electron chi connectivity index (χ4n) is 1.62. The molecule has 0 aliphatic heterocycles. The first-order chi connectivity index (χ1) is 10.0. The van der Waals surface area contributed by atoms with Crippen molar-refractivity contribution in [1.29, 1.82) is 0 Å². The molecule has 110 valence electrons. The number of anilines is 1. The highest BCUT2D eigenvalue weighted by Gasteiger charge is 2.08. The zero-order valence-electron chi connectivity index (χ0n) is 10.9. The van der Waals surface area contributed by atoms with E-state index in [9.17, 15) is 18.0 Å². The number of amides is 1. The molecule has 0 aliphatic rings. The van der Waals surface area contributed by atoms with Gasteiger partial charge in [-0.3, -0.25) is 4.79 Å². The highest BCUT2D eigenvalue weighted by atomic mass is 32.2. The number of carbonyl (C=O) groups excluding carboxylic acids is 1. The molecule has 0 atom stereocenters. The molecule has 0 aromatic heterocycles. The molecule has 0 saturated heterocycles. The minimum Gasteiger partial charge on any atom is -0.323 e. The summed E-state index contributed by atoms with van der Waals surface area (Å²) in [6, 6.07) is 8.82. The third-order valence-electron chi connectivity index (χ3n) is 2.62. The Bertz CT molecular complexity index is 631. The molecule has 0 saturated carbocycles. The van der Waals surface area contributed by atoms with E-state index in [1.165, 1.54) is 23.9 Å². The molecule has 2 aromatic carbocycles. The number of rotatable bonds is 5. The maximum atomic E-state index is 13.3. The van der Waals surface area contributed by atoms with Crippen LogP contribution in [-0.4, -0.2) is 11.7 Å². The number of hydrogen-bond acceptors (Lipinski definition) is 2. The van der Waals surface area contributed by atoms with Crippen LogP contribution in [0.4, 0.5) is 18.9 Å². The summed E-state index contributed by atoms with van der Waals surface area (Å²) in [6.07, 6.45) is 0. The van der Waals surface area contributed by atoms with Gasteiger partial charge in [-0.25, -0.2) is 13.2 Å². The van der Waals surface area contributed by atoms with Crippen LogP contribution in [0.1, 0.15) is 5.56 Å². The molecule has 0 spiro atoms. The second kappa shape index (κ2) is 7.17. The Morgan fingerprint density at radius 3 is 2.38 bits per heavy atom. The maximum Gasteiger partial charge on any atom is 0.234 e. The van der Waals surface area contributed by atoms with E-state index in [1.54, 1.807) is 12.1 Å². The van der Waals surface area contributed by atoms with E-state index < -0.39 is 17.5 Å². The van der Waals surface area contributed by atoms with Gasteiger partial charge in [0.05, 0.1) is 11.4 Å². The smallest absolute Gasteiger partial charge is 0.234 e. The summed E-state index contributed by atoms with van der Waals surface area (Å²) in [5.74, 6) is -1.43. The minimum absolute atomic E-state index is 0.0906. The molecule has 0 fully saturated rings. The van der Waals surface area contributed by atoms with Crippen molar-refractivity contribution in [2.45, 2.75) is 5.75 Å². The zero-order valence-corrected chi connectivity index (χ0v) is 11.7. The molecule has 2 nitrogen and oxygen atoms in total. The third kappa shape index (κ3) is 4.82. The lowest BCUT2D eigenvalue weighted by Gasteiger charge is -2.06. The van der Waals surface area contributed by atoms with Gasteiger partial charge in [-0.05, 0) is 29.8 Å². The standard InChI is InChI=1S/C15H12F3NOS/c16-11-3-1-10(2-4-11)8-21-9-15(20)19-14-7-12(17)5-6-13(14)18/h1-7H,8-9H2,(H,19,20). The van der Waals surface area contributed by atoms with Crippen molar-refractivity contribution in [3.8, 4) is 0 Å². The number of thioether (sulfide) groups is 1. The van der Waals surface area contributed by atoms with E-state index in [4.69, 9.17) is 0 Å². The molecular weight excluding hydrogens is 299 g/mol. The Balaban J connectivity index is 1.82. The lowest BCUT2D eigenvalue weighted by atomic mass is 10.2. The van der Waals surface area contributed by atoms with Gasteiger partial charge in [0, 0.05) is 11.8 Å². The number of carbonyl (C=O) groups is 1. The Labute approximate surface area is 124 Å². The van der Waals surface area contributed by atoms with Crippen molar-refractivity contribution >= 4 is 23.4 Å². The molecule has 0 radical (unpaired) electrons. The van der Waals surface area contributed by atoms with Crippen LogP contribution >= 0.6 is 11.8 Å². The highest BCUT2D eigenvalue weighted by molar-refractivity contribution is 7.99. The zero-order chi connectivity index (χ0) is 15.2. The van der Waals surface area contributed by atoms with Gasteiger partial charge < -0.3 is 5.32 Å². The van der Waals surface area contributed by atoms with Crippen LogP contribution in [0, 0.1) is 17.5 Å². The van der Waals surface area contributed by atoms with E-state index in [0.717, 1.165) is 23.8 Å². The van der Waals surface area contributed by atoms with Gasteiger partial charge in [-0.15, -0.1) is 11.8 Å². The van der Waals surface area contributed by atoms with Crippen molar-refractivity contribution < 1.29 is 18.0 Å². The summed E-state index contributed by atoms with van der Waals surface area (Å²) >= 11 is 1.30. The van der Waals surface area contributed by atoms with Gasteiger partial charge in [-0.2, -0.15) is 0 Å². The van der Waals surface area contributed by atoms with Crippen LogP contribution in [0.25, 0.3) is 0 Å². The lowest BCUT2D eigenvalue weighted by molar-refractivity contribution is -0.113. The SMILES string of the molecule is O=C(CSCc1ccc(F)cc1)Nc1cc(F)ccc1F. The Morgan fingerprint density at radius 2 is 1.67 bits per heavy atom. The van der Waals surface area contributed by atoms with Gasteiger partial charge in [0.1, 0.15) is 17.5 Å². The van der Waals surface area contributed by atoms with Crippen molar-refractivity contribution in [3.63, 3.8) is 0 Å². The molecule has 1 amide bonds. The summed E-state index contributed by atoms with van der Waals surface area (Å²) in [4.78, 5) is 11.6. The molecule has 0 unspecified atom stereocenters. The van der Waals surface area contributed by atoms with Crippen LogP contribution < -0.4 is 5.32 Å². The van der Waals surface area contributed by atoms with E-state index in [0.29, 0.717) is 5.75 Å². The van der Waals surface area contributed by atoms with Crippen LogP contribution in [0.15, 0.2) is 42.5 Å². The molecule has 0 bridgehead atoms. The van der Waals surface area contributed by atoms with Gasteiger partial charge >= 0.3 is 0 Å².